The first-order valence-corrected chi connectivity index (χ1v) is 8.29. The van der Waals surface area contributed by atoms with E-state index in [1.807, 2.05) is 24.3 Å². The third-order valence-corrected chi connectivity index (χ3v) is 3.60. The molecule has 2 rings (SSSR count). The van der Waals surface area contributed by atoms with Gasteiger partial charge < -0.3 is 14.2 Å². The number of hydrogen-bond acceptors (Lipinski definition) is 6. The van der Waals surface area contributed by atoms with E-state index in [2.05, 4.69) is 23.8 Å². The molecule has 0 amide bonds. The fourth-order valence-corrected chi connectivity index (χ4v) is 2.35. The lowest BCUT2D eigenvalue weighted by Crippen LogP contribution is -2.12. The van der Waals surface area contributed by atoms with Crippen LogP contribution in [0.1, 0.15) is 43.6 Å². The minimum absolute atomic E-state index is 0.0174. The van der Waals surface area contributed by atoms with Crippen molar-refractivity contribution in [2.75, 3.05) is 13.7 Å². The summed E-state index contributed by atoms with van der Waals surface area (Å²) in [7, 11) is 1.50. The number of nitrogens with zero attached hydrogens (tertiary/aromatic N) is 2. The lowest BCUT2D eigenvalue weighted by Gasteiger charge is -2.14. The molecular weight excluding hydrogens is 320 g/mol. The zero-order valence-electron chi connectivity index (χ0n) is 15.3. The molecule has 1 aromatic heterocycles. The quantitative estimate of drug-likeness (QED) is 0.711. The predicted molar refractivity (Wildman–Crippen MR) is 94.3 cm³/mol. The maximum absolute atomic E-state index is 11.9. The summed E-state index contributed by atoms with van der Waals surface area (Å²) in [5, 5.41) is 0. The fourth-order valence-electron chi connectivity index (χ4n) is 2.35. The Morgan fingerprint density at radius 3 is 2.56 bits per heavy atom. The number of aromatic nitrogens is 2. The van der Waals surface area contributed by atoms with Gasteiger partial charge in [-0.15, -0.1) is 0 Å². The maximum atomic E-state index is 11.9. The number of rotatable bonds is 7. The molecule has 134 valence electrons. The molecule has 0 bridgehead atoms. The molecule has 0 saturated heterocycles. The highest BCUT2D eigenvalue weighted by Crippen LogP contribution is 2.31. The first-order valence-electron chi connectivity index (χ1n) is 8.29. The van der Waals surface area contributed by atoms with E-state index in [0.29, 0.717) is 41.4 Å². The van der Waals surface area contributed by atoms with Crippen molar-refractivity contribution in [2.45, 2.75) is 40.0 Å². The molecule has 0 aliphatic rings. The average Bonchev–Trinajstić information content (AvgIpc) is 2.57. The van der Waals surface area contributed by atoms with Gasteiger partial charge in [0.1, 0.15) is 11.6 Å². The molecule has 0 spiro atoms. The van der Waals surface area contributed by atoms with Gasteiger partial charge in [-0.05, 0) is 37.5 Å². The van der Waals surface area contributed by atoms with Gasteiger partial charge in [0.2, 0.25) is 11.8 Å². The standard InChI is InChI=1S/C19H24N2O4/c1-6-24-17(22)11-16-18(23-5)20-13(4)21-19(16)25-15-9-7-8-14(10-15)12(2)3/h7-10,12H,6,11H2,1-5H3. The lowest BCUT2D eigenvalue weighted by molar-refractivity contribution is -0.142. The monoisotopic (exact) mass is 344 g/mol. The molecule has 2 aromatic rings. The summed E-state index contributed by atoms with van der Waals surface area (Å²) in [4.78, 5) is 20.5. The molecular formula is C19H24N2O4. The van der Waals surface area contributed by atoms with Crippen LogP contribution in [-0.2, 0) is 16.0 Å². The predicted octanol–water partition coefficient (Wildman–Crippen LogP) is 3.81. The van der Waals surface area contributed by atoms with Gasteiger partial charge in [0.15, 0.2) is 0 Å². The zero-order valence-corrected chi connectivity index (χ0v) is 15.3. The minimum Gasteiger partial charge on any atom is -0.481 e. The molecule has 25 heavy (non-hydrogen) atoms. The van der Waals surface area contributed by atoms with Crippen molar-refractivity contribution in [1.29, 1.82) is 0 Å². The summed E-state index contributed by atoms with van der Waals surface area (Å²) in [5.41, 5.74) is 1.63. The Labute approximate surface area is 148 Å². The number of ether oxygens (including phenoxy) is 3. The van der Waals surface area contributed by atoms with Gasteiger partial charge >= 0.3 is 5.97 Å². The zero-order chi connectivity index (χ0) is 18.4. The highest BCUT2D eigenvalue weighted by molar-refractivity contribution is 5.74. The molecule has 0 N–H and O–H groups in total. The smallest absolute Gasteiger partial charge is 0.310 e. The molecule has 6 nitrogen and oxygen atoms in total. The Morgan fingerprint density at radius 2 is 1.92 bits per heavy atom. The van der Waals surface area contributed by atoms with Gasteiger partial charge in [-0.2, -0.15) is 9.97 Å². The average molecular weight is 344 g/mol. The SMILES string of the molecule is CCOC(=O)Cc1c(OC)nc(C)nc1Oc1cccc(C(C)C)c1. The molecule has 0 fully saturated rings. The van der Waals surface area contributed by atoms with Gasteiger partial charge in [0.25, 0.3) is 0 Å². The van der Waals surface area contributed by atoms with Crippen LogP contribution < -0.4 is 9.47 Å². The number of esters is 1. The van der Waals surface area contributed by atoms with Crippen LogP contribution in [-0.4, -0.2) is 29.7 Å². The number of carbonyl (C=O) groups is 1. The lowest BCUT2D eigenvalue weighted by atomic mass is 10.0. The number of methoxy groups -OCH3 is 1. The molecule has 1 aromatic carbocycles. The Hall–Kier alpha value is -2.63. The third-order valence-electron chi connectivity index (χ3n) is 3.60. The Balaban J connectivity index is 2.40. The van der Waals surface area contributed by atoms with Gasteiger partial charge in [0.05, 0.1) is 25.7 Å². The van der Waals surface area contributed by atoms with E-state index in [1.165, 1.54) is 7.11 Å². The Morgan fingerprint density at radius 1 is 1.20 bits per heavy atom. The fraction of sp³-hybridized carbons (Fsp3) is 0.421. The van der Waals surface area contributed by atoms with Crippen molar-refractivity contribution in [2.24, 2.45) is 0 Å². The molecule has 0 aliphatic heterocycles. The van der Waals surface area contributed by atoms with Crippen LogP contribution in [0.25, 0.3) is 0 Å². The second-order valence-corrected chi connectivity index (χ2v) is 5.87. The summed E-state index contributed by atoms with van der Waals surface area (Å²) in [6.07, 6.45) is -0.0174. The first kappa shape index (κ1) is 18.7. The Kier molecular flexibility index (Phi) is 6.33. The number of hydrogen-bond donors (Lipinski definition) is 0. The van der Waals surface area contributed by atoms with E-state index in [4.69, 9.17) is 14.2 Å². The van der Waals surface area contributed by atoms with E-state index in [1.54, 1.807) is 13.8 Å². The second kappa shape index (κ2) is 8.46. The minimum atomic E-state index is -0.381. The topological polar surface area (TPSA) is 70.5 Å². The first-order chi connectivity index (χ1) is 11.9. The van der Waals surface area contributed by atoms with Gasteiger partial charge in [-0.25, -0.2) is 0 Å². The van der Waals surface area contributed by atoms with Crippen LogP contribution in [0.15, 0.2) is 24.3 Å². The number of benzene rings is 1. The van der Waals surface area contributed by atoms with E-state index in [9.17, 15) is 4.79 Å². The molecule has 1 heterocycles. The van der Waals surface area contributed by atoms with Crippen LogP contribution in [0.3, 0.4) is 0 Å². The largest absolute Gasteiger partial charge is 0.481 e. The van der Waals surface area contributed by atoms with Gasteiger partial charge in [-0.3, -0.25) is 4.79 Å². The highest BCUT2D eigenvalue weighted by Gasteiger charge is 2.20. The van der Waals surface area contributed by atoms with Crippen molar-refractivity contribution >= 4 is 5.97 Å². The van der Waals surface area contributed by atoms with Crippen molar-refractivity contribution < 1.29 is 19.0 Å². The van der Waals surface area contributed by atoms with Crippen molar-refractivity contribution in [3.8, 4) is 17.5 Å². The maximum Gasteiger partial charge on any atom is 0.310 e. The van der Waals surface area contributed by atoms with Crippen LogP contribution in [0.4, 0.5) is 0 Å². The highest BCUT2D eigenvalue weighted by atomic mass is 16.5. The van der Waals surface area contributed by atoms with Crippen molar-refractivity contribution in [1.82, 2.24) is 9.97 Å². The molecule has 0 radical (unpaired) electrons. The number of aryl methyl sites for hydroxylation is 1. The molecule has 0 unspecified atom stereocenters. The van der Waals surface area contributed by atoms with Crippen LogP contribution in [0, 0.1) is 6.92 Å². The van der Waals surface area contributed by atoms with Crippen LogP contribution in [0.2, 0.25) is 0 Å². The van der Waals surface area contributed by atoms with E-state index >= 15 is 0 Å². The van der Waals surface area contributed by atoms with E-state index in [-0.39, 0.29) is 12.4 Å². The molecule has 0 saturated carbocycles. The molecule has 0 atom stereocenters. The molecule has 0 aliphatic carbocycles. The summed E-state index contributed by atoms with van der Waals surface area (Å²) in [5.74, 6) is 1.77. The summed E-state index contributed by atoms with van der Waals surface area (Å²) >= 11 is 0. The molecule has 6 heteroatoms. The van der Waals surface area contributed by atoms with Gasteiger partial charge in [-0.1, -0.05) is 26.0 Å². The summed E-state index contributed by atoms with van der Waals surface area (Å²) in [6, 6.07) is 7.79. The van der Waals surface area contributed by atoms with Crippen molar-refractivity contribution in [3.63, 3.8) is 0 Å². The van der Waals surface area contributed by atoms with E-state index in [0.717, 1.165) is 5.56 Å². The summed E-state index contributed by atoms with van der Waals surface area (Å²) < 4.78 is 16.3. The van der Waals surface area contributed by atoms with Crippen LogP contribution >= 0.6 is 0 Å². The normalized spacial score (nSPS) is 10.6. The third kappa shape index (κ3) is 4.92. The summed E-state index contributed by atoms with van der Waals surface area (Å²) in [6.45, 7) is 8.04. The van der Waals surface area contributed by atoms with Gasteiger partial charge in [0, 0.05) is 0 Å². The van der Waals surface area contributed by atoms with Crippen molar-refractivity contribution in [3.05, 3.63) is 41.2 Å². The Bertz CT molecular complexity index is 744. The number of carbonyl (C=O) groups excluding carboxylic acids is 1. The second-order valence-electron chi connectivity index (χ2n) is 5.87. The van der Waals surface area contributed by atoms with E-state index < -0.39 is 0 Å². The van der Waals surface area contributed by atoms with Crippen LogP contribution in [0.5, 0.6) is 17.5 Å².